The van der Waals surface area contributed by atoms with E-state index in [-0.39, 0.29) is 18.1 Å². The van der Waals surface area contributed by atoms with Crippen LogP contribution < -0.4 is 0 Å². The number of carbonyl (C=O) groups excluding carboxylic acids is 2. The number of hydrogen-bond donors (Lipinski definition) is 0. The molecule has 0 amide bonds. The van der Waals surface area contributed by atoms with E-state index >= 15 is 0 Å². The summed E-state index contributed by atoms with van der Waals surface area (Å²) in [7, 11) is 0. The van der Waals surface area contributed by atoms with Gasteiger partial charge >= 0.3 is 11.9 Å². The molecule has 3 atom stereocenters. The number of furan rings is 1. The van der Waals surface area contributed by atoms with E-state index in [2.05, 4.69) is 0 Å². The second-order valence-electron chi connectivity index (χ2n) is 4.84. The van der Waals surface area contributed by atoms with Gasteiger partial charge in [-0.3, -0.25) is 19.7 Å². The van der Waals surface area contributed by atoms with Crippen molar-refractivity contribution in [3.8, 4) is 0 Å². The van der Waals surface area contributed by atoms with Crippen LogP contribution in [-0.2, 0) is 23.8 Å². The molecule has 1 aromatic heterocycles. The maximum absolute atomic E-state index is 11.4. The van der Waals surface area contributed by atoms with Crippen LogP contribution in [0.25, 0.3) is 0 Å². The molecule has 0 spiro atoms. The molecule has 2 rings (SSSR count). The number of rotatable bonds is 5. The van der Waals surface area contributed by atoms with Crippen LogP contribution in [0.3, 0.4) is 0 Å². The predicted octanol–water partition coefficient (Wildman–Crippen LogP) is 1.37. The fraction of sp³-hybridized carbons (Fsp3) is 0.429. The van der Waals surface area contributed by atoms with Crippen molar-refractivity contribution in [2.45, 2.75) is 32.0 Å². The van der Waals surface area contributed by atoms with Gasteiger partial charge in [0.15, 0.2) is 24.4 Å². The maximum Gasteiger partial charge on any atom is 0.303 e. The second-order valence-corrected chi connectivity index (χ2v) is 4.84. The summed E-state index contributed by atoms with van der Waals surface area (Å²) in [4.78, 5) is 33.0. The molecule has 0 bridgehead atoms. The van der Waals surface area contributed by atoms with E-state index in [1.54, 1.807) is 6.07 Å². The van der Waals surface area contributed by atoms with Gasteiger partial charge in [0.1, 0.15) is 12.4 Å². The van der Waals surface area contributed by atoms with Crippen molar-refractivity contribution in [1.29, 1.82) is 0 Å². The van der Waals surface area contributed by atoms with E-state index in [0.717, 1.165) is 6.26 Å². The van der Waals surface area contributed by atoms with Gasteiger partial charge in [-0.25, -0.2) is 0 Å². The summed E-state index contributed by atoms with van der Waals surface area (Å²) < 4.78 is 20.5. The Balaban J connectivity index is 2.38. The quantitative estimate of drug-likeness (QED) is 0.452. The SMILES string of the molecule is CC(=O)OC[C@H]1OC=C([N+](=O)[O-])[C@@H](c2ccco2)[C@@H]1OC(C)=O. The second kappa shape index (κ2) is 6.95. The summed E-state index contributed by atoms with van der Waals surface area (Å²) in [5.74, 6) is -1.92. The number of nitrogens with zero attached hydrogens (tertiary/aromatic N) is 1. The molecule has 2 heterocycles. The van der Waals surface area contributed by atoms with Gasteiger partial charge in [0, 0.05) is 13.8 Å². The lowest BCUT2D eigenvalue weighted by Crippen LogP contribution is -2.44. The van der Waals surface area contributed by atoms with Gasteiger partial charge < -0.3 is 18.6 Å². The minimum atomic E-state index is -1.07. The average molecular weight is 325 g/mol. The highest BCUT2D eigenvalue weighted by atomic mass is 16.6. The lowest BCUT2D eigenvalue weighted by Gasteiger charge is -2.32. The zero-order chi connectivity index (χ0) is 17.0. The number of nitro groups is 1. The van der Waals surface area contributed by atoms with Crippen LogP contribution in [0.5, 0.6) is 0 Å². The molecule has 1 aliphatic rings. The van der Waals surface area contributed by atoms with Crippen molar-refractivity contribution in [2.24, 2.45) is 0 Å². The zero-order valence-electron chi connectivity index (χ0n) is 12.5. The van der Waals surface area contributed by atoms with Crippen molar-refractivity contribution in [3.63, 3.8) is 0 Å². The van der Waals surface area contributed by atoms with Gasteiger partial charge in [-0.2, -0.15) is 0 Å². The fourth-order valence-corrected chi connectivity index (χ4v) is 2.29. The van der Waals surface area contributed by atoms with Gasteiger partial charge in [-0.15, -0.1) is 0 Å². The first-order valence-electron chi connectivity index (χ1n) is 6.74. The van der Waals surface area contributed by atoms with Gasteiger partial charge in [0.2, 0.25) is 0 Å². The van der Waals surface area contributed by atoms with Crippen LogP contribution in [0.15, 0.2) is 34.8 Å². The minimum Gasteiger partial charge on any atom is -0.484 e. The third-order valence-electron chi connectivity index (χ3n) is 3.19. The summed E-state index contributed by atoms with van der Waals surface area (Å²) in [6.45, 7) is 2.17. The summed E-state index contributed by atoms with van der Waals surface area (Å²) in [5.41, 5.74) is -0.315. The summed E-state index contributed by atoms with van der Waals surface area (Å²) in [6.07, 6.45) is 0.361. The predicted molar refractivity (Wildman–Crippen MR) is 73.6 cm³/mol. The standard InChI is InChI=1S/C14H15NO8/c1-8(16)21-7-12-14(23-9(2)17)13(11-4-3-5-20-11)10(6-22-12)15(18)19/h3-6,12-14H,7H2,1-2H3/t12-,13+,14-/m1/s1. The Kier molecular flexibility index (Phi) is 4.99. The summed E-state index contributed by atoms with van der Waals surface area (Å²) in [6, 6.07) is 3.10. The van der Waals surface area contributed by atoms with E-state index in [9.17, 15) is 19.7 Å². The van der Waals surface area contributed by atoms with Gasteiger partial charge in [-0.05, 0) is 12.1 Å². The highest BCUT2D eigenvalue weighted by Crippen LogP contribution is 2.36. The number of ether oxygens (including phenoxy) is 3. The molecule has 9 heteroatoms. The lowest BCUT2D eigenvalue weighted by atomic mass is 9.90. The number of hydrogen-bond acceptors (Lipinski definition) is 8. The van der Waals surface area contributed by atoms with Crippen molar-refractivity contribution in [1.82, 2.24) is 0 Å². The van der Waals surface area contributed by atoms with Crippen LogP contribution >= 0.6 is 0 Å². The Morgan fingerprint density at radius 3 is 2.61 bits per heavy atom. The Hall–Kier alpha value is -2.84. The summed E-state index contributed by atoms with van der Waals surface area (Å²) >= 11 is 0. The Morgan fingerprint density at radius 2 is 2.09 bits per heavy atom. The number of esters is 2. The van der Waals surface area contributed by atoms with Crippen molar-refractivity contribution < 1.29 is 33.1 Å². The first-order chi connectivity index (χ1) is 10.9. The molecule has 0 saturated heterocycles. The van der Waals surface area contributed by atoms with Gasteiger partial charge in [0.25, 0.3) is 5.70 Å². The first kappa shape index (κ1) is 16.5. The summed E-state index contributed by atoms with van der Waals surface area (Å²) in [5, 5.41) is 11.3. The number of carbonyl (C=O) groups is 2. The largest absolute Gasteiger partial charge is 0.484 e. The van der Waals surface area contributed by atoms with E-state index in [1.165, 1.54) is 26.2 Å². The van der Waals surface area contributed by atoms with Crippen molar-refractivity contribution in [2.75, 3.05) is 6.61 Å². The molecule has 0 radical (unpaired) electrons. The van der Waals surface area contributed by atoms with Crippen LogP contribution in [0.4, 0.5) is 0 Å². The monoisotopic (exact) mass is 325 g/mol. The van der Waals surface area contributed by atoms with E-state index in [0.29, 0.717) is 0 Å². The fourth-order valence-electron chi connectivity index (χ4n) is 2.29. The topological polar surface area (TPSA) is 118 Å². The molecule has 0 aliphatic carbocycles. The zero-order valence-corrected chi connectivity index (χ0v) is 12.5. The highest BCUT2D eigenvalue weighted by molar-refractivity contribution is 5.67. The molecule has 0 N–H and O–H groups in total. The first-order valence-corrected chi connectivity index (χ1v) is 6.74. The normalized spacial score (nSPS) is 23.4. The Labute approximate surface area is 130 Å². The van der Waals surface area contributed by atoms with Crippen molar-refractivity contribution in [3.05, 3.63) is 46.2 Å². The van der Waals surface area contributed by atoms with E-state index in [4.69, 9.17) is 18.6 Å². The molecule has 124 valence electrons. The smallest absolute Gasteiger partial charge is 0.303 e. The van der Waals surface area contributed by atoms with Gasteiger partial charge in [0.05, 0.1) is 11.2 Å². The lowest BCUT2D eigenvalue weighted by molar-refractivity contribution is -0.437. The average Bonchev–Trinajstić information content (AvgIpc) is 2.98. The van der Waals surface area contributed by atoms with Crippen LogP contribution in [-0.4, -0.2) is 35.7 Å². The Morgan fingerprint density at radius 1 is 1.35 bits per heavy atom. The third-order valence-corrected chi connectivity index (χ3v) is 3.19. The maximum atomic E-state index is 11.4. The van der Waals surface area contributed by atoms with E-state index in [1.807, 2.05) is 0 Å². The van der Waals surface area contributed by atoms with Crippen molar-refractivity contribution >= 4 is 11.9 Å². The minimum absolute atomic E-state index is 0.216. The molecule has 0 aromatic carbocycles. The molecule has 0 fully saturated rings. The highest BCUT2D eigenvalue weighted by Gasteiger charge is 2.47. The molecule has 1 aromatic rings. The third kappa shape index (κ3) is 3.87. The van der Waals surface area contributed by atoms with Crippen LogP contribution in [0.1, 0.15) is 25.5 Å². The molecule has 23 heavy (non-hydrogen) atoms. The molecular weight excluding hydrogens is 310 g/mol. The van der Waals surface area contributed by atoms with Crippen LogP contribution in [0, 0.1) is 10.1 Å². The molecule has 9 nitrogen and oxygen atoms in total. The Bertz CT molecular complexity index is 621. The van der Waals surface area contributed by atoms with Crippen LogP contribution in [0.2, 0.25) is 0 Å². The molecular formula is C14H15NO8. The molecule has 1 aliphatic heterocycles. The van der Waals surface area contributed by atoms with E-state index < -0.39 is 35.0 Å². The molecule has 0 saturated carbocycles. The van der Waals surface area contributed by atoms with Gasteiger partial charge in [-0.1, -0.05) is 0 Å². The molecule has 0 unspecified atom stereocenters.